The summed E-state index contributed by atoms with van der Waals surface area (Å²) in [6, 6.07) is 7.08. The molecule has 0 saturated carbocycles. The molecular weight excluding hydrogens is 248 g/mol. The number of hydrogen-bond donors (Lipinski definition) is 2. The summed E-state index contributed by atoms with van der Waals surface area (Å²) in [5.41, 5.74) is 0.439. The van der Waals surface area contributed by atoms with E-state index in [1.165, 1.54) is 0 Å². The van der Waals surface area contributed by atoms with E-state index in [1.54, 1.807) is 12.1 Å². The Morgan fingerprint density at radius 2 is 1.83 bits per heavy atom. The zero-order valence-electron chi connectivity index (χ0n) is 10.9. The van der Waals surface area contributed by atoms with Crippen molar-refractivity contribution in [3.63, 3.8) is 0 Å². The lowest BCUT2D eigenvalue weighted by atomic mass is 9.92. The van der Waals surface area contributed by atoms with Crippen molar-refractivity contribution < 1.29 is 8.42 Å². The van der Waals surface area contributed by atoms with Crippen molar-refractivity contribution in [3.8, 4) is 0 Å². The summed E-state index contributed by atoms with van der Waals surface area (Å²) in [7, 11) is -3.43. The summed E-state index contributed by atoms with van der Waals surface area (Å²) >= 11 is 0. The van der Waals surface area contributed by atoms with Gasteiger partial charge in [0.05, 0.1) is 4.90 Å². The van der Waals surface area contributed by atoms with E-state index >= 15 is 0 Å². The molecule has 2 N–H and O–H groups in total. The molecule has 1 aliphatic heterocycles. The quantitative estimate of drug-likeness (QED) is 0.871. The Morgan fingerprint density at radius 1 is 1.22 bits per heavy atom. The normalized spacial score (nSPS) is 19.7. The first kappa shape index (κ1) is 13.5. The molecule has 0 aromatic heterocycles. The summed E-state index contributed by atoms with van der Waals surface area (Å²) in [6.07, 6.45) is 1.64. The van der Waals surface area contributed by atoms with E-state index in [1.807, 2.05) is 26.0 Å². The van der Waals surface area contributed by atoms with Crippen molar-refractivity contribution in [3.05, 3.63) is 29.8 Å². The predicted octanol–water partition coefficient (Wildman–Crippen LogP) is 1.42. The third-order valence-corrected chi connectivity index (χ3v) is 5.27. The van der Waals surface area contributed by atoms with E-state index in [4.69, 9.17) is 0 Å². The number of hydrogen-bond acceptors (Lipinski definition) is 3. The maximum Gasteiger partial charge on any atom is 0.241 e. The summed E-state index contributed by atoms with van der Waals surface area (Å²) in [5.74, 6) is 0. The molecule has 0 amide bonds. The van der Waals surface area contributed by atoms with Crippen LogP contribution in [0.4, 0.5) is 0 Å². The van der Waals surface area contributed by atoms with Gasteiger partial charge in [0.2, 0.25) is 10.0 Å². The number of nitrogens with one attached hydrogen (secondary N) is 2. The highest BCUT2D eigenvalue weighted by molar-refractivity contribution is 7.89. The Morgan fingerprint density at radius 3 is 2.44 bits per heavy atom. The molecule has 0 bridgehead atoms. The minimum atomic E-state index is -3.43. The van der Waals surface area contributed by atoms with Crippen LogP contribution in [0.2, 0.25) is 0 Å². The van der Waals surface area contributed by atoms with Crippen molar-refractivity contribution in [2.24, 2.45) is 0 Å². The highest BCUT2D eigenvalue weighted by atomic mass is 32.2. The monoisotopic (exact) mass is 268 g/mol. The second-order valence-electron chi connectivity index (χ2n) is 5.18. The zero-order valence-corrected chi connectivity index (χ0v) is 11.7. The van der Waals surface area contributed by atoms with Gasteiger partial charge in [0.1, 0.15) is 0 Å². The molecule has 1 fully saturated rings. The Labute approximate surface area is 109 Å². The van der Waals surface area contributed by atoms with Gasteiger partial charge in [-0.3, -0.25) is 0 Å². The minimum absolute atomic E-state index is 0.341. The molecule has 100 valence electrons. The molecule has 4 nitrogen and oxygen atoms in total. The van der Waals surface area contributed by atoms with Gasteiger partial charge in [-0.05, 0) is 51.4 Å². The lowest BCUT2D eigenvalue weighted by Gasteiger charge is -2.34. The van der Waals surface area contributed by atoms with Crippen LogP contribution in [-0.2, 0) is 10.0 Å². The van der Waals surface area contributed by atoms with Crippen LogP contribution in [0.15, 0.2) is 29.2 Å². The van der Waals surface area contributed by atoms with Crippen molar-refractivity contribution in [1.29, 1.82) is 0 Å². The van der Waals surface area contributed by atoms with E-state index in [2.05, 4.69) is 10.0 Å². The van der Waals surface area contributed by atoms with E-state index in [9.17, 15) is 8.42 Å². The van der Waals surface area contributed by atoms with Gasteiger partial charge < -0.3 is 5.32 Å². The molecule has 5 heteroatoms. The van der Waals surface area contributed by atoms with Crippen molar-refractivity contribution >= 4 is 10.0 Å². The fourth-order valence-electron chi connectivity index (χ4n) is 2.32. The van der Waals surface area contributed by atoms with Crippen LogP contribution in [-0.4, -0.2) is 27.0 Å². The van der Waals surface area contributed by atoms with Crippen molar-refractivity contribution in [2.75, 3.05) is 13.1 Å². The minimum Gasteiger partial charge on any atom is -0.317 e. The molecule has 0 spiro atoms. The van der Waals surface area contributed by atoms with Crippen LogP contribution in [0.5, 0.6) is 0 Å². The average Bonchev–Trinajstić information content (AvgIpc) is 2.28. The molecule has 2 rings (SSSR count). The Kier molecular flexibility index (Phi) is 3.75. The lowest BCUT2D eigenvalue weighted by molar-refractivity contribution is 0.308. The molecule has 1 aromatic carbocycles. The number of rotatable bonds is 3. The second-order valence-corrected chi connectivity index (χ2v) is 6.83. The van der Waals surface area contributed by atoms with Crippen LogP contribution < -0.4 is 10.0 Å². The number of aryl methyl sites for hydroxylation is 1. The topological polar surface area (TPSA) is 58.2 Å². The highest BCUT2D eigenvalue weighted by Crippen LogP contribution is 2.22. The molecule has 18 heavy (non-hydrogen) atoms. The number of sulfonamides is 1. The number of benzene rings is 1. The summed E-state index contributed by atoms with van der Waals surface area (Å²) in [5, 5.41) is 3.24. The maximum atomic E-state index is 12.4. The number of piperidine rings is 1. The molecule has 1 saturated heterocycles. The molecule has 0 radical (unpaired) electrons. The first-order chi connectivity index (χ1) is 8.43. The van der Waals surface area contributed by atoms with Gasteiger partial charge in [-0.25, -0.2) is 13.1 Å². The summed E-state index contributed by atoms with van der Waals surface area (Å²) in [6.45, 7) is 5.50. The van der Waals surface area contributed by atoms with E-state index in [0.29, 0.717) is 4.90 Å². The van der Waals surface area contributed by atoms with Crippen LogP contribution in [0.3, 0.4) is 0 Å². The fraction of sp³-hybridized carbons (Fsp3) is 0.538. The van der Waals surface area contributed by atoms with Gasteiger partial charge in [-0.2, -0.15) is 0 Å². The maximum absolute atomic E-state index is 12.4. The lowest BCUT2D eigenvalue weighted by Crippen LogP contribution is -2.52. The first-order valence-corrected chi connectivity index (χ1v) is 7.72. The fourth-order valence-corrected chi connectivity index (χ4v) is 4.03. The zero-order chi connectivity index (χ0) is 13.2. The van der Waals surface area contributed by atoms with Gasteiger partial charge in [-0.1, -0.05) is 18.2 Å². The smallest absolute Gasteiger partial charge is 0.241 e. The summed E-state index contributed by atoms with van der Waals surface area (Å²) < 4.78 is 27.7. The molecule has 1 aliphatic rings. The van der Waals surface area contributed by atoms with Crippen LogP contribution in [0.25, 0.3) is 0 Å². The first-order valence-electron chi connectivity index (χ1n) is 6.23. The van der Waals surface area contributed by atoms with Gasteiger partial charge >= 0.3 is 0 Å². The molecule has 0 aliphatic carbocycles. The van der Waals surface area contributed by atoms with Crippen LogP contribution in [0, 0.1) is 6.92 Å². The molecule has 0 unspecified atom stereocenters. The molecule has 1 heterocycles. The van der Waals surface area contributed by atoms with E-state index in [0.717, 1.165) is 31.5 Å². The third kappa shape index (κ3) is 2.91. The van der Waals surface area contributed by atoms with Gasteiger partial charge in [0.25, 0.3) is 0 Å². The SMILES string of the molecule is Cc1ccccc1S(=O)(=O)NC1(C)CCNCC1. The third-order valence-electron chi connectivity index (χ3n) is 3.47. The van der Waals surface area contributed by atoms with E-state index < -0.39 is 10.0 Å². The van der Waals surface area contributed by atoms with Crippen LogP contribution in [0.1, 0.15) is 25.3 Å². The second kappa shape index (κ2) is 4.99. The Balaban J connectivity index is 2.25. The average molecular weight is 268 g/mol. The Bertz CT molecular complexity index is 520. The van der Waals surface area contributed by atoms with Gasteiger partial charge in [-0.15, -0.1) is 0 Å². The van der Waals surface area contributed by atoms with Gasteiger partial charge in [0, 0.05) is 5.54 Å². The van der Waals surface area contributed by atoms with Gasteiger partial charge in [0.15, 0.2) is 0 Å². The molecular formula is C13H20N2O2S. The summed E-state index contributed by atoms with van der Waals surface area (Å²) in [4.78, 5) is 0.379. The van der Waals surface area contributed by atoms with E-state index in [-0.39, 0.29) is 5.54 Å². The standard InChI is InChI=1S/C13H20N2O2S/c1-11-5-3-4-6-12(11)18(16,17)15-13(2)7-9-14-10-8-13/h3-6,14-15H,7-10H2,1-2H3. The van der Waals surface area contributed by atoms with Crippen molar-refractivity contribution in [2.45, 2.75) is 37.1 Å². The predicted molar refractivity (Wildman–Crippen MR) is 72.0 cm³/mol. The largest absolute Gasteiger partial charge is 0.317 e. The highest BCUT2D eigenvalue weighted by Gasteiger charge is 2.32. The van der Waals surface area contributed by atoms with Crippen LogP contribution >= 0.6 is 0 Å². The van der Waals surface area contributed by atoms with Crippen molar-refractivity contribution in [1.82, 2.24) is 10.0 Å². The Hall–Kier alpha value is -0.910. The molecule has 0 atom stereocenters. The molecule has 1 aromatic rings.